The quantitative estimate of drug-likeness (QED) is 0.771. The number of methoxy groups -OCH3 is 1. The zero-order valence-electron chi connectivity index (χ0n) is 11.1. The molecule has 1 heterocycles. The first kappa shape index (κ1) is 15.5. The van der Waals surface area contributed by atoms with Crippen LogP contribution in [0.2, 0.25) is 0 Å². The predicted molar refractivity (Wildman–Crippen MR) is 73.9 cm³/mol. The molecule has 22 heavy (non-hydrogen) atoms. The molecule has 2 N–H and O–H groups in total. The lowest BCUT2D eigenvalue weighted by molar-refractivity contribution is 0.0692. The van der Waals surface area contributed by atoms with Gasteiger partial charge in [-0.2, -0.15) is 8.42 Å². The molecular weight excluding hydrogens is 316 g/mol. The molecule has 0 aliphatic heterocycles. The molecule has 0 saturated carbocycles. The first-order valence-corrected chi connectivity index (χ1v) is 7.20. The van der Waals surface area contributed by atoms with Crippen molar-refractivity contribution in [3.05, 3.63) is 56.6 Å². The smallest absolute Gasteiger partial charge is 0.337 e. The van der Waals surface area contributed by atoms with E-state index in [-0.39, 0.29) is 9.84 Å². The number of nitrogens with zero attached hydrogens (tertiary/aromatic N) is 1. The number of hydrogen-bond acceptors (Lipinski definition) is 6. The first-order valence-electron chi connectivity index (χ1n) is 5.76. The third kappa shape index (κ3) is 2.63. The van der Waals surface area contributed by atoms with Crippen molar-refractivity contribution >= 4 is 16.0 Å². The van der Waals surface area contributed by atoms with Gasteiger partial charge in [0.2, 0.25) is 0 Å². The lowest BCUT2D eigenvalue weighted by Crippen LogP contribution is -2.34. The van der Waals surface area contributed by atoms with E-state index in [0.717, 1.165) is 24.3 Å². The van der Waals surface area contributed by atoms with Crippen molar-refractivity contribution in [2.24, 2.45) is 0 Å². The molecule has 0 radical (unpaired) electrons. The van der Waals surface area contributed by atoms with Gasteiger partial charge in [0, 0.05) is 12.1 Å². The fraction of sp³-hybridized carbons (Fsp3) is 0.0833. The van der Waals surface area contributed by atoms with Crippen LogP contribution in [0.3, 0.4) is 0 Å². The Kier molecular flexibility index (Phi) is 3.87. The zero-order valence-corrected chi connectivity index (χ0v) is 12.0. The molecule has 1 aromatic carbocycles. The molecule has 2 rings (SSSR count). The summed E-state index contributed by atoms with van der Waals surface area (Å²) in [5, 5.41) is 11.0. The Bertz CT molecular complexity index is 956. The van der Waals surface area contributed by atoms with Crippen LogP contribution in [0.15, 0.2) is 44.8 Å². The van der Waals surface area contributed by atoms with E-state index in [1.807, 2.05) is 5.10 Å². The number of aromatic amines is 1. The molecule has 0 unspecified atom stereocenters. The number of carboxylic acids is 1. The van der Waals surface area contributed by atoms with Crippen LogP contribution in [0.4, 0.5) is 0 Å². The third-order valence-electron chi connectivity index (χ3n) is 2.72. The molecule has 116 valence electrons. The second-order valence-electron chi connectivity index (χ2n) is 4.08. The van der Waals surface area contributed by atoms with Gasteiger partial charge in [-0.15, -0.1) is 4.09 Å². The minimum Gasteiger partial charge on any atom is -0.497 e. The number of hydrogen-bond donors (Lipinski definition) is 2. The van der Waals surface area contributed by atoms with Crippen LogP contribution in [0.25, 0.3) is 0 Å². The molecule has 0 aliphatic carbocycles. The molecule has 9 nitrogen and oxygen atoms in total. The molecule has 2 aromatic rings. The first-order chi connectivity index (χ1) is 10.3. The number of ether oxygens (including phenoxy) is 1. The maximum atomic E-state index is 12.4. The van der Waals surface area contributed by atoms with Crippen LogP contribution in [0.1, 0.15) is 10.4 Å². The highest BCUT2D eigenvalue weighted by atomic mass is 32.2. The van der Waals surface area contributed by atoms with Crippen molar-refractivity contribution < 1.29 is 23.1 Å². The van der Waals surface area contributed by atoms with Gasteiger partial charge < -0.3 is 9.84 Å². The molecule has 0 fully saturated rings. The van der Waals surface area contributed by atoms with Gasteiger partial charge in [-0.25, -0.2) is 9.89 Å². The van der Waals surface area contributed by atoms with Gasteiger partial charge in [-0.05, 0) is 18.2 Å². The van der Waals surface area contributed by atoms with E-state index in [1.54, 1.807) is 0 Å². The number of H-pyrrole nitrogens is 1. The summed E-state index contributed by atoms with van der Waals surface area (Å²) in [7, 11) is -3.29. The highest BCUT2D eigenvalue weighted by Crippen LogP contribution is 2.22. The lowest BCUT2D eigenvalue weighted by Gasteiger charge is -2.10. The predicted octanol–water partition coefficient (Wildman–Crippen LogP) is -0.520. The summed E-state index contributed by atoms with van der Waals surface area (Å²) in [5.41, 5.74) is -2.43. The Morgan fingerprint density at radius 2 is 1.91 bits per heavy atom. The number of carboxylic acid groups (broad SMARTS) is 1. The number of aromatic nitrogens is 2. The number of rotatable bonds is 4. The molecule has 0 amide bonds. The van der Waals surface area contributed by atoms with E-state index in [0.29, 0.717) is 0 Å². The van der Waals surface area contributed by atoms with Crippen LogP contribution >= 0.6 is 0 Å². The van der Waals surface area contributed by atoms with Crippen molar-refractivity contribution in [2.45, 2.75) is 4.90 Å². The Morgan fingerprint density at radius 1 is 1.23 bits per heavy atom. The molecule has 0 atom stereocenters. The maximum Gasteiger partial charge on any atom is 0.337 e. The topological polar surface area (TPSA) is 136 Å². The Labute approximate surface area is 123 Å². The van der Waals surface area contributed by atoms with E-state index >= 15 is 0 Å². The second-order valence-corrected chi connectivity index (χ2v) is 5.84. The van der Waals surface area contributed by atoms with Gasteiger partial charge >= 0.3 is 5.97 Å². The average Bonchev–Trinajstić information content (AvgIpc) is 2.48. The van der Waals surface area contributed by atoms with Crippen LogP contribution in [-0.2, 0) is 10.0 Å². The molecule has 0 spiro atoms. The third-order valence-corrected chi connectivity index (χ3v) is 4.39. The maximum absolute atomic E-state index is 12.4. The fourth-order valence-corrected chi connectivity index (χ4v) is 3.08. The largest absolute Gasteiger partial charge is 0.497 e. The summed E-state index contributed by atoms with van der Waals surface area (Å²) in [5.74, 6) is -1.39. The van der Waals surface area contributed by atoms with E-state index < -0.39 is 37.6 Å². The summed E-state index contributed by atoms with van der Waals surface area (Å²) in [6.07, 6.45) is 0. The van der Waals surface area contributed by atoms with Crippen molar-refractivity contribution in [2.75, 3.05) is 7.11 Å². The Balaban J connectivity index is 2.79. The van der Waals surface area contributed by atoms with Gasteiger partial charge in [0.15, 0.2) is 0 Å². The van der Waals surface area contributed by atoms with Crippen molar-refractivity contribution in [3.8, 4) is 5.75 Å². The number of nitrogens with one attached hydrogen (secondary N) is 1. The van der Waals surface area contributed by atoms with Crippen molar-refractivity contribution in [3.63, 3.8) is 0 Å². The Hall–Kier alpha value is -2.88. The molecule has 10 heteroatoms. The van der Waals surface area contributed by atoms with E-state index in [4.69, 9.17) is 9.84 Å². The SMILES string of the molecule is COc1ccc(S(=O)(=O)n2[nH]c(=O)ccc2=O)c(C(=O)O)c1. The molecule has 0 aliphatic rings. The van der Waals surface area contributed by atoms with Gasteiger partial charge in [-0.1, -0.05) is 0 Å². The zero-order chi connectivity index (χ0) is 16.5. The normalized spacial score (nSPS) is 11.1. The number of aromatic carboxylic acids is 1. The number of benzene rings is 1. The summed E-state index contributed by atoms with van der Waals surface area (Å²) in [6, 6.07) is 4.84. The summed E-state index contributed by atoms with van der Waals surface area (Å²) >= 11 is 0. The number of carbonyl (C=O) groups is 1. The molecule has 0 saturated heterocycles. The Morgan fingerprint density at radius 3 is 2.50 bits per heavy atom. The van der Waals surface area contributed by atoms with Gasteiger partial charge in [0.25, 0.3) is 21.1 Å². The fourth-order valence-electron chi connectivity index (χ4n) is 1.71. The minimum absolute atomic E-state index is 0.0869. The van der Waals surface area contributed by atoms with E-state index in [2.05, 4.69) is 0 Å². The highest BCUT2D eigenvalue weighted by Gasteiger charge is 2.26. The summed E-state index contributed by atoms with van der Waals surface area (Å²) in [6.45, 7) is 0. The van der Waals surface area contributed by atoms with E-state index in [1.165, 1.54) is 13.2 Å². The minimum atomic E-state index is -4.58. The molecular formula is C12H10N2O7S. The molecule has 0 bridgehead atoms. The van der Waals surface area contributed by atoms with Crippen LogP contribution in [0.5, 0.6) is 5.75 Å². The van der Waals surface area contributed by atoms with Crippen LogP contribution < -0.4 is 15.9 Å². The van der Waals surface area contributed by atoms with Gasteiger partial charge in [0.1, 0.15) is 10.6 Å². The van der Waals surface area contributed by atoms with Gasteiger partial charge in [0.05, 0.1) is 12.7 Å². The summed E-state index contributed by atoms with van der Waals surface area (Å²) < 4.78 is 29.8. The van der Waals surface area contributed by atoms with Crippen LogP contribution in [-0.4, -0.2) is 35.8 Å². The standard InChI is InChI=1S/C12H10N2O7S/c1-21-7-2-3-9(8(6-7)12(17)18)22(19,20)14-11(16)5-4-10(15)13-14/h2-6H,1H3,(H,13,15)(H,17,18). The average molecular weight is 326 g/mol. The lowest BCUT2D eigenvalue weighted by atomic mass is 10.2. The molecule has 1 aromatic heterocycles. The summed E-state index contributed by atoms with van der Waals surface area (Å²) in [4.78, 5) is 33.5. The van der Waals surface area contributed by atoms with Gasteiger partial charge in [-0.3, -0.25) is 9.59 Å². The second kappa shape index (κ2) is 5.48. The highest BCUT2D eigenvalue weighted by molar-refractivity contribution is 7.89. The van der Waals surface area contributed by atoms with Crippen molar-refractivity contribution in [1.29, 1.82) is 0 Å². The van der Waals surface area contributed by atoms with Crippen LogP contribution in [0, 0.1) is 0 Å². The van der Waals surface area contributed by atoms with E-state index in [9.17, 15) is 22.8 Å². The monoisotopic (exact) mass is 326 g/mol. The van der Waals surface area contributed by atoms with Crippen molar-refractivity contribution in [1.82, 2.24) is 9.19 Å².